The van der Waals surface area contributed by atoms with Crippen LogP contribution in [-0.2, 0) is 5.41 Å². The molecule has 0 radical (unpaired) electrons. The molecular weight excluding hydrogens is 497 g/mol. The number of urea groups is 1. The van der Waals surface area contributed by atoms with Gasteiger partial charge in [0.1, 0.15) is 5.82 Å². The van der Waals surface area contributed by atoms with Crippen LogP contribution >= 0.6 is 11.6 Å². The van der Waals surface area contributed by atoms with Crippen LogP contribution in [0, 0.1) is 17.5 Å². The summed E-state index contributed by atoms with van der Waals surface area (Å²) < 4.78 is 46.1. The van der Waals surface area contributed by atoms with Gasteiger partial charge in [-0.2, -0.15) is 0 Å². The number of benzene rings is 1. The minimum absolute atomic E-state index is 0.0182. The van der Waals surface area contributed by atoms with Crippen LogP contribution in [0.25, 0.3) is 0 Å². The van der Waals surface area contributed by atoms with E-state index < -0.39 is 34.8 Å². The van der Waals surface area contributed by atoms with Crippen LogP contribution in [0.4, 0.5) is 29.6 Å². The van der Waals surface area contributed by atoms with Gasteiger partial charge in [0.15, 0.2) is 23.3 Å². The Hall–Kier alpha value is -3.86. The molecule has 36 heavy (non-hydrogen) atoms. The van der Waals surface area contributed by atoms with Gasteiger partial charge < -0.3 is 16.0 Å². The fraction of sp³-hybridized carbons (Fsp3) is 0.250. The second-order valence-corrected chi connectivity index (χ2v) is 9.33. The highest BCUT2D eigenvalue weighted by Gasteiger charge is 2.47. The quantitative estimate of drug-likeness (QED) is 0.550. The number of carbonyl (C=O) groups excluding carboxylic acids is 2. The van der Waals surface area contributed by atoms with Crippen LogP contribution in [0.2, 0.25) is 5.02 Å². The smallest absolute Gasteiger partial charge is 0.314 e. The molecule has 3 N–H and O–H groups in total. The molecule has 1 atom stereocenters. The van der Waals surface area contributed by atoms with Crippen LogP contribution in [0.5, 0.6) is 0 Å². The number of amides is 3. The third-order valence-corrected chi connectivity index (χ3v) is 6.89. The molecule has 0 bridgehead atoms. The maximum Gasteiger partial charge on any atom is 0.314 e. The standard InChI is InChI=1S/C24H20ClF3N6O2/c1-24(14-4-2-5-15(25)18(14)27)11-34(21-16(26)6-3-7-30-21)22(35)13-8-31-20(19(28)17(13)24)32-12-9-33(10-12)23(29)36/h2-8,12H,9-11H2,1H3,(H2,29,36)(H,31,32)/t24-/m1/s1. The van der Waals surface area contributed by atoms with Crippen molar-refractivity contribution in [1.29, 1.82) is 0 Å². The number of pyridine rings is 2. The first kappa shape index (κ1) is 23.9. The molecule has 3 aromatic rings. The second-order valence-electron chi connectivity index (χ2n) is 8.93. The Labute approximate surface area is 208 Å². The van der Waals surface area contributed by atoms with E-state index in [1.165, 1.54) is 41.6 Å². The first-order chi connectivity index (χ1) is 17.1. The summed E-state index contributed by atoms with van der Waals surface area (Å²) in [6, 6.07) is 5.91. The van der Waals surface area contributed by atoms with Crippen molar-refractivity contribution in [2.24, 2.45) is 5.73 Å². The first-order valence-electron chi connectivity index (χ1n) is 11.0. The molecule has 2 aliphatic rings. The van der Waals surface area contributed by atoms with Gasteiger partial charge in [-0.25, -0.2) is 27.9 Å². The molecule has 186 valence electrons. The number of anilines is 2. The highest BCUT2D eigenvalue weighted by atomic mass is 35.5. The van der Waals surface area contributed by atoms with E-state index in [1.807, 2.05) is 0 Å². The lowest BCUT2D eigenvalue weighted by molar-refractivity contribution is 0.0966. The van der Waals surface area contributed by atoms with Gasteiger partial charge in [-0.05, 0) is 25.1 Å². The van der Waals surface area contributed by atoms with E-state index in [1.54, 1.807) is 6.92 Å². The summed E-state index contributed by atoms with van der Waals surface area (Å²) in [5, 5.41) is 2.73. The Morgan fingerprint density at radius 2 is 1.92 bits per heavy atom. The summed E-state index contributed by atoms with van der Waals surface area (Å²) in [7, 11) is 0. The Morgan fingerprint density at radius 3 is 2.61 bits per heavy atom. The van der Waals surface area contributed by atoms with E-state index in [0.29, 0.717) is 0 Å². The number of hydrogen-bond donors (Lipinski definition) is 2. The largest absolute Gasteiger partial charge is 0.361 e. The van der Waals surface area contributed by atoms with E-state index in [2.05, 4.69) is 15.3 Å². The van der Waals surface area contributed by atoms with Gasteiger partial charge in [0, 0.05) is 48.6 Å². The van der Waals surface area contributed by atoms with Crippen LogP contribution in [0.1, 0.15) is 28.4 Å². The number of nitrogens with one attached hydrogen (secondary N) is 1. The predicted octanol–water partition coefficient (Wildman–Crippen LogP) is 3.69. The third kappa shape index (κ3) is 3.70. The summed E-state index contributed by atoms with van der Waals surface area (Å²) in [4.78, 5) is 35.2. The molecule has 1 fully saturated rings. The van der Waals surface area contributed by atoms with Gasteiger partial charge in [0.25, 0.3) is 5.91 Å². The number of nitrogens with two attached hydrogens (primary N) is 1. The van der Waals surface area contributed by atoms with Crippen molar-refractivity contribution < 1.29 is 22.8 Å². The Balaban J connectivity index is 1.65. The molecule has 2 aromatic heterocycles. The first-order valence-corrected chi connectivity index (χ1v) is 11.4. The highest BCUT2D eigenvalue weighted by Crippen LogP contribution is 2.44. The fourth-order valence-electron chi connectivity index (χ4n) is 4.74. The molecule has 12 heteroatoms. The minimum atomic E-state index is -1.50. The number of rotatable bonds is 4. The number of fused-ring (bicyclic) bond motifs is 1. The summed E-state index contributed by atoms with van der Waals surface area (Å²) in [6.45, 7) is 1.73. The Bertz CT molecular complexity index is 1400. The molecule has 8 nitrogen and oxygen atoms in total. The SMILES string of the molecule is C[C@]1(c2cccc(Cl)c2F)CN(c2ncccc2F)C(=O)c2cnc(NC3CN(C(N)=O)C3)c(F)c21. The van der Waals surface area contributed by atoms with Crippen molar-refractivity contribution >= 4 is 35.2 Å². The highest BCUT2D eigenvalue weighted by molar-refractivity contribution is 6.30. The van der Waals surface area contributed by atoms with Gasteiger partial charge in [-0.1, -0.05) is 23.7 Å². The van der Waals surface area contributed by atoms with Crippen molar-refractivity contribution in [2.75, 3.05) is 29.9 Å². The van der Waals surface area contributed by atoms with Gasteiger partial charge >= 0.3 is 6.03 Å². The van der Waals surface area contributed by atoms with E-state index in [4.69, 9.17) is 17.3 Å². The lowest BCUT2D eigenvalue weighted by Crippen LogP contribution is -2.58. The van der Waals surface area contributed by atoms with Crippen LogP contribution in [0.15, 0.2) is 42.7 Å². The van der Waals surface area contributed by atoms with Gasteiger partial charge in [-0.15, -0.1) is 0 Å². The molecule has 0 unspecified atom stereocenters. The number of halogens is 4. The fourth-order valence-corrected chi connectivity index (χ4v) is 4.92. The zero-order valence-corrected chi connectivity index (χ0v) is 19.7. The van der Waals surface area contributed by atoms with Crippen LogP contribution in [-0.4, -0.2) is 52.5 Å². The average molecular weight is 517 g/mol. The number of nitrogens with zero attached hydrogens (tertiary/aromatic N) is 4. The molecule has 0 spiro atoms. The zero-order valence-electron chi connectivity index (χ0n) is 18.9. The zero-order chi connectivity index (χ0) is 25.8. The number of likely N-dealkylation sites (tertiary alicyclic amines) is 1. The van der Waals surface area contributed by atoms with Gasteiger partial charge in [0.2, 0.25) is 0 Å². The van der Waals surface area contributed by atoms with Crippen molar-refractivity contribution in [3.8, 4) is 0 Å². The molecule has 2 aliphatic heterocycles. The lowest BCUT2D eigenvalue weighted by Gasteiger charge is -2.42. The van der Waals surface area contributed by atoms with E-state index in [0.717, 1.165) is 11.0 Å². The van der Waals surface area contributed by atoms with E-state index in [-0.39, 0.29) is 59.0 Å². The number of hydrogen-bond acceptors (Lipinski definition) is 5. The van der Waals surface area contributed by atoms with Gasteiger partial charge in [-0.3, -0.25) is 9.69 Å². The second kappa shape index (κ2) is 8.66. The molecule has 5 rings (SSSR count). The van der Waals surface area contributed by atoms with Crippen molar-refractivity contribution in [2.45, 2.75) is 18.4 Å². The summed E-state index contributed by atoms with van der Waals surface area (Å²) in [6.07, 6.45) is 2.49. The molecule has 0 saturated carbocycles. The topological polar surface area (TPSA) is 104 Å². The Kier molecular flexibility index (Phi) is 5.74. The monoisotopic (exact) mass is 516 g/mol. The molecule has 4 heterocycles. The van der Waals surface area contributed by atoms with Crippen molar-refractivity contribution in [1.82, 2.24) is 14.9 Å². The van der Waals surface area contributed by atoms with Crippen molar-refractivity contribution in [3.05, 3.63) is 81.9 Å². The third-order valence-electron chi connectivity index (χ3n) is 6.60. The number of primary amides is 1. The van der Waals surface area contributed by atoms with Crippen LogP contribution in [0.3, 0.4) is 0 Å². The summed E-state index contributed by atoms with van der Waals surface area (Å²) in [5.74, 6) is -3.58. The maximum absolute atomic E-state index is 16.1. The average Bonchev–Trinajstić information content (AvgIpc) is 2.81. The summed E-state index contributed by atoms with van der Waals surface area (Å²) >= 11 is 6.05. The normalized spacial score (nSPS) is 19.6. The molecule has 1 saturated heterocycles. The lowest BCUT2D eigenvalue weighted by atomic mass is 9.71. The molecule has 1 aromatic carbocycles. The molecular formula is C24H20ClF3N6O2. The van der Waals surface area contributed by atoms with E-state index in [9.17, 15) is 14.0 Å². The minimum Gasteiger partial charge on any atom is -0.361 e. The van der Waals surface area contributed by atoms with Gasteiger partial charge in [0.05, 0.1) is 16.6 Å². The number of carbonyl (C=O) groups is 2. The van der Waals surface area contributed by atoms with E-state index >= 15 is 8.78 Å². The Morgan fingerprint density at radius 1 is 1.17 bits per heavy atom. The van der Waals surface area contributed by atoms with Crippen molar-refractivity contribution in [3.63, 3.8) is 0 Å². The predicted molar refractivity (Wildman–Crippen MR) is 126 cm³/mol. The summed E-state index contributed by atoms with van der Waals surface area (Å²) in [5.41, 5.74) is 3.49. The maximum atomic E-state index is 16.1. The molecule has 3 amide bonds. The molecule has 0 aliphatic carbocycles. The van der Waals surface area contributed by atoms with Crippen LogP contribution < -0.4 is 16.0 Å². The number of aromatic nitrogens is 2.